The van der Waals surface area contributed by atoms with E-state index < -0.39 is 0 Å². The second-order valence-corrected chi connectivity index (χ2v) is 5.71. The number of hydrogen-bond acceptors (Lipinski definition) is 6. The predicted molar refractivity (Wildman–Crippen MR) is 91.1 cm³/mol. The van der Waals surface area contributed by atoms with Crippen LogP contribution in [0.2, 0.25) is 0 Å². The van der Waals surface area contributed by atoms with E-state index in [2.05, 4.69) is 20.4 Å². The lowest BCUT2D eigenvalue weighted by Crippen LogP contribution is -2.52. The van der Waals surface area contributed by atoms with Crippen LogP contribution in [0.25, 0.3) is 0 Å². The molecule has 1 aromatic rings. The highest BCUT2D eigenvalue weighted by molar-refractivity contribution is 5.85. The molecule has 0 saturated carbocycles. The first-order valence-corrected chi connectivity index (χ1v) is 7.82. The van der Waals surface area contributed by atoms with Gasteiger partial charge in [-0.2, -0.15) is 4.98 Å². The van der Waals surface area contributed by atoms with E-state index in [1.807, 2.05) is 11.8 Å². The van der Waals surface area contributed by atoms with Crippen LogP contribution in [0.5, 0.6) is 0 Å². The van der Waals surface area contributed by atoms with Crippen molar-refractivity contribution < 1.29 is 9.32 Å². The van der Waals surface area contributed by atoms with Crippen LogP contribution in [-0.2, 0) is 17.8 Å². The van der Waals surface area contributed by atoms with Gasteiger partial charge in [-0.3, -0.25) is 9.69 Å². The smallest absolute Gasteiger partial charge is 0.239 e. The van der Waals surface area contributed by atoms with Gasteiger partial charge in [-0.15, -0.1) is 24.8 Å². The number of amides is 1. The van der Waals surface area contributed by atoms with Gasteiger partial charge in [-0.05, 0) is 19.4 Å². The molecule has 0 spiro atoms. The maximum atomic E-state index is 12.3. The summed E-state index contributed by atoms with van der Waals surface area (Å²) in [5.74, 6) is 1.69. The quantitative estimate of drug-likeness (QED) is 0.853. The van der Waals surface area contributed by atoms with Crippen LogP contribution >= 0.6 is 24.8 Å². The van der Waals surface area contributed by atoms with Gasteiger partial charge >= 0.3 is 0 Å². The molecule has 1 unspecified atom stereocenters. The molecule has 2 saturated heterocycles. The van der Waals surface area contributed by atoms with Crippen LogP contribution in [0.4, 0.5) is 0 Å². The minimum absolute atomic E-state index is 0. The Morgan fingerprint density at radius 3 is 2.61 bits per heavy atom. The molecule has 0 bridgehead atoms. The van der Waals surface area contributed by atoms with Gasteiger partial charge < -0.3 is 14.7 Å². The summed E-state index contributed by atoms with van der Waals surface area (Å²) in [4.78, 5) is 20.9. The fraction of sp³-hybridized carbons (Fsp3) is 0.786. The lowest BCUT2D eigenvalue weighted by molar-refractivity contribution is -0.134. The first-order chi connectivity index (χ1) is 10.3. The van der Waals surface area contributed by atoms with Crippen LogP contribution in [0.3, 0.4) is 0 Å². The lowest BCUT2D eigenvalue weighted by atomic mass is 10.2. The molecule has 1 N–H and O–H groups in total. The second kappa shape index (κ2) is 9.42. The molecule has 0 aromatic carbocycles. The maximum Gasteiger partial charge on any atom is 0.239 e. The summed E-state index contributed by atoms with van der Waals surface area (Å²) in [5, 5.41) is 7.26. The zero-order valence-electron chi connectivity index (χ0n) is 13.4. The molecule has 0 aliphatic carbocycles. The summed E-state index contributed by atoms with van der Waals surface area (Å²) < 4.78 is 5.12. The predicted octanol–water partition coefficient (Wildman–Crippen LogP) is 0.872. The number of nitrogens with one attached hydrogen (secondary N) is 1. The van der Waals surface area contributed by atoms with E-state index in [-0.39, 0.29) is 36.8 Å². The van der Waals surface area contributed by atoms with Gasteiger partial charge in [0.25, 0.3) is 0 Å². The minimum atomic E-state index is 0. The maximum absolute atomic E-state index is 12.3. The molecule has 3 heterocycles. The number of piperazine rings is 1. The van der Waals surface area contributed by atoms with Gasteiger partial charge in [0.05, 0.1) is 12.6 Å². The zero-order valence-corrected chi connectivity index (χ0v) is 15.0. The monoisotopic (exact) mass is 365 g/mol. The van der Waals surface area contributed by atoms with Crippen LogP contribution in [0.15, 0.2) is 4.52 Å². The van der Waals surface area contributed by atoms with E-state index in [9.17, 15) is 4.79 Å². The number of aryl methyl sites for hydroxylation is 1. The number of rotatable bonds is 4. The van der Waals surface area contributed by atoms with Crippen molar-refractivity contribution in [3.8, 4) is 0 Å². The van der Waals surface area contributed by atoms with Gasteiger partial charge in [0.1, 0.15) is 0 Å². The molecule has 1 aromatic heterocycles. The molecule has 2 aliphatic rings. The molecule has 132 valence electrons. The fourth-order valence-corrected chi connectivity index (χ4v) is 2.94. The van der Waals surface area contributed by atoms with Crippen LogP contribution in [0, 0.1) is 0 Å². The SMILES string of the molecule is CCc1nc(CN2CCN(C(=O)C3CCCN3)CC2)no1.Cl.Cl. The topological polar surface area (TPSA) is 74.5 Å². The first-order valence-electron chi connectivity index (χ1n) is 7.82. The normalized spacial score (nSPS) is 21.6. The van der Waals surface area contributed by atoms with Crippen molar-refractivity contribution >= 4 is 30.7 Å². The highest BCUT2D eigenvalue weighted by atomic mass is 35.5. The number of carbonyl (C=O) groups excluding carboxylic acids is 1. The molecule has 0 radical (unpaired) electrons. The largest absolute Gasteiger partial charge is 0.339 e. The Labute approximate surface area is 149 Å². The van der Waals surface area contributed by atoms with Crippen molar-refractivity contribution in [1.29, 1.82) is 0 Å². The van der Waals surface area contributed by atoms with Gasteiger partial charge in [0, 0.05) is 32.6 Å². The van der Waals surface area contributed by atoms with Crippen molar-refractivity contribution in [3.63, 3.8) is 0 Å². The molecule has 23 heavy (non-hydrogen) atoms. The molecule has 2 fully saturated rings. The number of carbonyl (C=O) groups is 1. The number of hydrogen-bond donors (Lipinski definition) is 1. The first kappa shape index (κ1) is 20.2. The van der Waals surface area contributed by atoms with E-state index in [0.29, 0.717) is 12.4 Å². The van der Waals surface area contributed by atoms with Crippen molar-refractivity contribution in [3.05, 3.63) is 11.7 Å². The van der Waals surface area contributed by atoms with E-state index in [0.717, 1.165) is 57.8 Å². The van der Waals surface area contributed by atoms with Gasteiger partial charge in [0.15, 0.2) is 5.82 Å². The number of aromatic nitrogens is 2. The third-order valence-corrected chi connectivity index (χ3v) is 4.22. The minimum Gasteiger partial charge on any atom is -0.339 e. The van der Waals surface area contributed by atoms with Crippen molar-refractivity contribution in [1.82, 2.24) is 25.3 Å². The molecule has 3 rings (SSSR count). The average Bonchev–Trinajstić information content (AvgIpc) is 3.19. The van der Waals surface area contributed by atoms with E-state index in [4.69, 9.17) is 4.52 Å². The van der Waals surface area contributed by atoms with Gasteiger partial charge in [-0.25, -0.2) is 0 Å². The molecule has 1 amide bonds. The average molecular weight is 366 g/mol. The molecular weight excluding hydrogens is 341 g/mol. The molecule has 2 aliphatic heterocycles. The Balaban J connectivity index is 0.00000132. The third-order valence-electron chi connectivity index (χ3n) is 4.22. The van der Waals surface area contributed by atoms with Crippen molar-refractivity contribution in [2.24, 2.45) is 0 Å². The van der Waals surface area contributed by atoms with Crippen molar-refractivity contribution in [2.75, 3.05) is 32.7 Å². The summed E-state index contributed by atoms with van der Waals surface area (Å²) in [6.45, 7) is 6.98. The van der Waals surface area contributed by atoms with E-state index >= 15 is 0 Å². The summed E-state index contributed by atoms with van der Waals surface area (Å²) >= 11 is 0. The summed E-state index contributed by atoms with van der Waals surface area (Å²) in [7, 11) is 0. The van der Waals surface area contributed by atoms with Gasteiger partial charge in [-0.1, -0.05) is 12.1 Å². The summed E-state index contributed by atoms with van der Waals surface area (Å²) in [6.07, 6.45) is 2.85. The van der Waals surface area contributed by atoms with E-state index in [1.165, 1.54) is 0 Å². The van der Waals surface area contributed by atoms with Crippen LogP contribution < -0.4 is 5.32 Å². The summed E-state index contributed by atoms with van der Waals surface area (Å²) in [5.41, 5.74) is 0. The Kier molecular flexibility index (Phi) is 8.25. The standard InChI is InChI=1S/C14H23N5O2.2ClH/c1-2-13-16-12(17-21-13)10-18-6-8-19(9-7-18)14(20)11-4-3-5-15-11;;/h11,15H,2-10H2,1H3;2*1H. The third kappa shape index (κ3) is 5.04. The highest BCUT2D eigenvalue weighted by Crippen LogP contribution is 2.12. The fourth-order valence-electron chi connectivity index (χ4n) is 2.94. The molecule has 7 nitrogen and oxygen atoms in total. The molecular formula is C14H25Cl2N5O2. The van der Waals surface area contributed by atoms with Crippen molar-refractivity contribution in [2.45, 2.75) is 38.8 Å². The molecule has 1 atom stereocenters. The zero-order chi connectivity index (χ0) is 14.7. The Morgan fingerprint density at radius 2 is 2.04 bits per heavy atom. The second-order valence-electron chi connectivity index (χ2n) is 5.71. The molecule has 9 heteroatoms. The Morgan fingerprint density at radius 1 is 1.30 bits per heavy atom. The highest BCUT2D eigenvalue weighted by Gasteiger charge is 2.29. The number of halogens is 2. The van der Waals surface area contributed by atoms with E-state index in [1.54, 1.807) is 0 Å². The van der Waals surface area contributed by atoms with Crippen LogP contribution in [-0.4, -0.2) is 64.6 Å². The Bertz CT molecular complexity index is 485. The van der Waals surface area contributed by atoms with Gasteiger partial charge in [0.2, 0.25) is 11.8 Å². The number of nitrogens with zero attached hydrogens (tertiary/aromatic N) is 4. The van der Waals surface area contributed by atoms with Crippen LogP contribution in [0.1, 0.15) is 31.5 Å². The lowest BCUT2D eigenvalue weighted by Gasteiger charge is -2.35. The Hall–Kier alpha value is -0.890. The summed E-state index contributed by atoms with van der Waals surface area (Å²) in [6, 6.07) is 0.0425.